The summed E-state index contributed by atoms with van der Waals surface area (Å²) >= 11 is 0. The summed E-state index contributed by atoms with van der Waals surface area (Å²) in [5.41, 5.74) is 7.66. The van der Waals surface area contributed by atoms with E-state index in [4.69, 9.17) is 15.2 Å². The zero-order chi connectivity index (χ0) is 19.4. The summed E-state index contributed by atoms with van der Waals surface area (Å²) in [5, 5.41) is 0. The van der Waals surface area contributed by atoms with Crippen molar-refractivity contribution in [1.29, 1.82) is 0 Å². The molecule has 2 fully saturated rings. The molecule has 1 aliphatic heterocycles. The number of ether oxygens (including phenoxy) is 2. The Bertz CT molecular complexity index is 662. The second-order valence-corrected chi connectivity index (χ2v) is 7.30. The molecule has 1 aromatic rings. The number of esters is 1. The van der Waals surface area contributed by atoms with Crippen molar-refractivity contribution in [3.8, 4) is 0 Å². The van der Waals surface area contributed by atoms with Crippen molar-refractivity contribution in [3.05, 3.63) is 29.8 Å². The lowest BCUT2D eigenvalue weighted by atomic mass is 9.83. The van der Waals surface area contributed by atoms with Gasteiger partial charge < -0.3 is 25.0 Å². The Labute approximate surface area is 172 Å². The molecule has 7 nitrogen and oxygen atoms in total. The van der Waals surface area contributed by atoms with Crippen molar-refractivity contribution in [2.45, 2.75) is 31.4 Å². The van der Waals surface area contributed by atoms with E-state index in [0.29, 0.717) is 25.1 Å². The lowest BCUT2D eigenvalue weighted by Crippen LogP contribution is -2.52. The van der Waals surface area contributed by atoms with Crippen LogP contribution in [0, 0.1) is 5.92 Å². The Hall–Kier alpha value is -1.83. The monoisotopic (exact) mass is 411 g/mol. The third kappa shape index (κ3) is 4.96. The molecule has 156 valence electrons. The summed E-state index contributed by atoms with van der Waals surface area (Å²) in [7, 11) is 3.04. The number of piperazine rings is 1. The van der Waals surface area contributed by atoms with Gasteiger partial charge in [-0.25, -0.2) is 4.79 Å². The molecule has 2 N–H and O–H groups in total. The normalized spacial score (nSPS) is 25.0. The lowest BCUT2D eigenvalue weighted by molar-refractivity contribution is -0.138. The van der Waals surface area contributed by atoms with E-state index in [1.165, 1.54) is 7.11 Å². The Balaban J connectivity index is 0.00000280. The van der Waals surface area contributed by atoms with Gasteiger partial charge in [0, 0.05) is 50.9 Å². The largest absolute Gasteiger partial charge is 0.465 e. The van der Waals surface area contributed by atoms with Gasteiger partial charge in [0.05, 0.1) is 18.8 Å². The number of hydrogen-bond donors (Lipinski definition) is 1. The summed E-state index contributed by atoms with van der Waals surface area (Å²) in [6.45, 7) is 2.97. The second kappa shape index (κ2) is 10.1. The highest BCUT2D eigenvalue weighted by Gasteiger charge is 2.35. The first-order valence-electron chi connectivity index (χ1n) is 9.54. The number of carbonyl (C=O) groups excluding carboxylic acids is 2. The van der Waals surface area contributed by atoms with Crippen molar-refractivity contribution in [2.24, 2.45) is 11.7 Å². The quantitative estimate of drug-likeness (QED) is 0.759. The van der Waals surface area contributed by atoms with Crippen LogP contribution in [0.3, 0.4) is 0 Å². The molecule has 0 unspecified atom stereocenters. The van der Waals surface area contributed by atoms with E-state index in [-0.39, 0.29) is 42.3 Å². The molecule has 1 aliphatic carbocycles. The minimum absolute atomic E-state index is 0. The molecular weight excluding hydrogens is 382 g/mol. The van der Waals surface area contributed by atoms with Crippen molar-refractivity contribution in [3.63, 3.8) is 0 Å². The first-order valence-corrected chi connectivity index (χ1v) is 9.54. The molecule has 0 spiro atoms. The van der Waals surface area contributed by atoms with Crippen molar-refractivity contribution < 1.29 is 19.1 Å². The molecule has 1 heterocycles. The van der Waals surface area contributed by atoms with Gasteiger partial charge in [0.15, 0.2) is 0 Å². The van der Waals surface area contributed by atoms with E-state index in [0.717, 1.165) is 31.6 Å². The zero-order valence-corrected chi connectivity index (χ0v) is 17.3. The maximum atomic E-state index is 12.9. The second-order valence-electron chi connectivity index (χ2n) is 7.30. The predicted molar refractivity (Wildman–Crippen MR) is 110 cm³/mol. The highest BCUT2D eigenvalue weighted by Crippen LogP contribution is 2.28. The fraction of sp³-hybridized carbons (Fsp3) is 0.600. The van der Waals surface area contributed by atoms with Crippen molar-refractivity contribution in [1.82, 2.24) is 4.90 Å². The fourth-order valence-corrected chi connectivity index (χ4v) is 4.02. The summed E-state index contributed by atoms with van der Waals surface area (Å²) in [5.74, 6) is -0.0937. The topological polar surface area (TPSA) is 85.1 Å². The number of rotatable bonds is 4. The summed E-state index contributed by atoms with van der Waals surface area (Å²) < 4.78 is 10.2. The number of hydrogen-bond acceptors (Lipinski definition) is 6. The number of benzene rings is 1. The van der Waals surface area contributed by atoms with Crippen molar-refractivity contribution >= 4 is 30.0 Å². The Morgan fingerprint density at radius 1 is 1.04 bits per heavy atom. The highest BCUT2D eigenvalue weighted by molar-refractivity contribution is 5.89. The fourth-order valence-electron chi connectivity index (χ4n) is 4.02. The number of methoxy groups -OCH3 is 2. The molecule has 3 rings (SSSR count). The van der Waals surface area contributed by atoms with Gasteiger partial charge in [-0.15, -0.1) is 12.4 Å². The van der Waals surface area contributed by atoms with Crippen LogP contribution in [0.25, 0.3) is 0 Å². The number of carbonyl (C=O) groups is 2. The van der Waals surface area contributed by atoms with Crippen LogP contribution in [-0.4, -0.2) is 69.3 Å². The van der Waals surface area contributed by atoms with Crippen LogP contribution in [-0.2, 0) is 14.3 Å². The average Bonchev–Trinajstić information content (AvgIpc) is 2.73. The Kier molecular flexibility index (Phi) is 8.10. The van der Waals surface area contributed by atoms with Crippen LogP contribution in [0.5, 0.6) is 0 Å². The predicted octanol–water partition coefficient (Wildman–Crippen LogP) is 1.69. The highest BCUT2D eigenvalue weighted by atomic mass is 35.5. The van der Waals surface area contributed by atoms with E-state index in [1.807, 2.05) is 17.0 Å². The minimum atomic E-state index is -0.335. The molecule has 8 heteroatoms. The van der Waals surface area contributed by atoms with Crippen LogP contribution >= 0.6 is 12.4 Å². The molecule has 28 heavy (non-hydrogen) atoms. The number of amides is 1. The average molecular weight is 412 g/mol. The molecule has 2 aliphatic rings. The molecule has 0 aromatic heterocycles. The molecule has 1 aromatic carbocycles. The van der Waals surface area contributed by atoms with Gasteiger partial charge >= 0.3 is 5.97 Å². The van der Waals surface area contributed by atoms with Crippen LogP contribution in [0.1, 0.15) is 29.6 Å². The molecule has 3 atom stereocenters. The number of halogens is 1. The van der Waals surface area contributed by atoms with Gasteiger partial charge in [0.1, 0.15) is 0 Å². The number of anilines is 1. The van der Waals surface area contributed by atoms with Gasteiger partial charge in [0.25, 0.3) is 0 Å². The van der Waals surface area contributed by atoms with Gasteiger partial charge in [0.2, 0.25) is 5.91 Å². The van der Waals surface area contributed by atoms with Gasteiger partial charge in [-0.2, -0.15) is 0 Å². The standard InChI is InChI=1S/C20H29N3O4.ClH/c1-26-18-13-15(5-8-17(18)21)19(24)23-11-9-22(10-12-23)16-6-3-14(4-7-16)20(25)27-2;/h3-4,6-7,15,17-18H,5,8-13,21H2,1-2H3;1H/t15-,17+,18+;/m0./s1. The van der Waals surface area contributed by atoms with Gasteiger partial charge in [-0.1, -0.05) is 0 Å². The number of nitrogens with two attached hydrogens (primary N) is 1. The smallest absolute Gasteiger partial charge is 0.337 e. The van der Waals surface area contributed by atoms with Gasteiger partial charge in [-0.05, 0) is 43.5 Å². The maximum Gasteiger partial charge on any atom is 0.337 e. The van der Waals surface area contributed by atoms with Crippen LogP contribution in [0.4, 0.5) is 5.69 Å². The maximum absolute atomic E-state index is 12.9. The van der Waals surface area contributed by atoms with E-state index in [1.54, 1.807) is 19.2 Å². The Morgan fingerprint density at radius 2 is 1.68 bits per heavy atom. The van der Waals surface area contributed by atoms with Crippen LogP contribution in [0.15, 0.2) is 24.3 Å². The summed E-state index contributed by atoms with van der Waals surface area (Å²) in [6, 6.07) is 7.43. The van der Waals surface area contributed by atoms with Crippen LogP contribution in [0.2, 0.25) is 0 Å². The molecule has 0 radical (unpaired) electrons. The Morgan fingerprint density at radius 3 is 2.25 bits per heavy atom. The first kappa shape index (κ1) is 22.5. The molecule has 1 saturated carbocycles. The first-order chi connectivity index (χ1) is 13.0. The third-order valence-electron chi connectivity index (χ3n) is 5.74. The minimum Gasteiger partial charge on any atom is -0.465 e. The molecule has 1 amide bonds. The summed E-state index contributed by atoms with van der Waals surface area (Å²) in [6.07, 6.45) is 2.37. The third-order valence-corrected chi connectivity index (χ3v) is 5.74. The SMILES string of the molecule is COC(=O)c1ccc(N2CCN(C(=O)[C@H]3CC[C@@H](N)[C@H](OC)C3)CC2)cc1.Cl. The van der Waals surface area contributed by atoms with E-state index in [2.05, 4.69) is 4.90 Å². The summed E-state index contributed by atoms with van der Waals surface area (Å²) in [4.78, 5) is 28.6. The van der Waals surface area contributed by atoms with E-state index in [9.17, 15) is 9.59 Å². The zero-order valence-electron chi connectivity index (χ0n) is 16.5. The molecule has 1 saturated heterocycles. The van der Waals surface area contributed by atoms with Gasteiger partial charge in [-0.3, -0.25) is 4.79 Å². The molecular formula is C20H30ClN3O4. The van der Waals surface area contributed by atoms with Crippen molar-refractivity contribution in [2.75, 3.05) is 45.3 Å². The lowest BCUT2D eigenvalue weighted by Gasteiger charge is -2.39. The van der Waals surface area contributed by atoms with Crippen LogP contribution < -0.4 is 10.6 Å². The van der Waals surface area contributed by atoms with E-state index >= 15 is 0 Å². The van der Waals surface area contributed by atoms with E-state index < -0.39 is 0 Å². The molecule has 0 bridgehead atoms. The number of nitrogens with zero attached hydrogens (tertiary/aromatic N) is 2.